The molecule has 0 spiro atoms. The standard InChI is InChI=1S/C20H29ClN2O2.ClH/c21-17-6-3-5-16(15-17)20(9-1-2-10-20)19(24)23-12-7-18(8-13-23)25-14-4-11-22;/h3,5-6,15,18H,1-2,4,7-14,22H2;1H. The zero-order chi connectivity index (χ0) is 17.7. The molecule has 1 amide bonds. The SMILES string of the molecule is Cl.NCCCOC1CCN(C(=O)C2(c3cccc(Cl)c3)CCCC2)CC1. The normalized spacial score (nSPS) is 20.0. The van der Waals surface area contributed by atoms with E-state index in [-0.39, 0.29) is 29.8 Å². The van der Waals surface area contributed by atoms with Crippen LogP contribution in [-0.4, -0.2) is 43.2 Å². The number of nitrogens with zero attached hydrogens (tertiary/aromatic N) is 1. The van der Waals surface area contributed by atoms with Gasteiger partial charge in [0.2, 0.25) is 5.91 Å². The van der Waals surface area contributed by atoms with Crippen LogP contribution in [0.1, 0.15) is 50.5 Å². The van der Waals surface area contributed by atoms with Crippen LogP contribution in [0.3, 0.4) is 0 Å². The fourth-order valence-electron chi connectivity index (χ4n) is 4.25. The molecule has 2 fully saturated rings. The molecule has 0 unspecified atom stereocenters. The number of hydrogen-bond acceptors (Lipinski definition) is 3. The maximum Gasteiger partial charge on any atom is 0.233 e. The molecule has 0 aromatic heterocycles. The Morgan fingerprint density at radius 2 is 1.96 bits per heavy atom. The number of halogens is 2. The Bertz CT molecular complexity index is 583. The molecule has 1 saturated carbocycles. The first-order chi connectivity index (χ1) is 12.2. The number of carbonyl (C=O) groups is 1. The summed E-state index contributed by atoms with van der Waals surface area (Å²) in [5.41, 5.74) is 6.22. The molecule has 6 heteroatoms. The third-order valence-corrected chi connectivity index (χ3v) is 5.91. The zero-order valence-electron chi connectivity index (χ0n) is 15.3. The summed E-state index contributed by atoms with van der Waals surface area (Å²) < 4.78 is 5.87. The lowest BCUT2D eigenvalue weighted by atomic mass is 9.77. The second-order valence-electron chi connectivity index (χ2n) is 7.30. The summed E-state index contributed by atoms with van der Waals surface area (Å²) >= 11 is 6.20. The third kappa shape index (κ3) is 4.72. The van der Waals surface area contributed by atoms with Gasteiger partial charge in [-0.2, -0.15) is 0 Å². The predicted molar refractivity (Wildman–Crippen MR) is 108 cm³/mol. The van der Waals surface area contributed by atoms with Crippen LogP contribution in [0.5, 0.6) is 0 Å². The predicted octanol–water partition coefficient (Wildman–Crippen LogP) is 3.93. The van der Waals surface area contributed by atoms with Crippen LogP contribution in [0.4, 0.5) is 0 Å². The second kappa shape index (κ2) is 9.93. The van der Waals surface area contributed by atoms with Gasteiger partial charge in [-0.25, -0.2) is 0 Å². The first kappa shape index (κ1) is 21.5. The number of amides is 1. The van der Waals surface area contributed by atoms with Gasteiger partial charge in [-0.15, -0.1) is 12.4 Å². The quantitative estimate of drug-likeness (QED) is 0.735. The van der Waals surface area contributed by atoms with E-state index in [9.17, 15) is 4.79 Å². The van der Waals surface area contributed by atoms with Crippen LogP contribution < -0.4 is 5.73 Å². The molecule has 2 aliphatic rings. The maximum absolute atomic E-state index is 13.4. The molecule has 1 aliphatic heterocycles. The lowest BCUT2D eigenvalue weighted by molar-refractivity contribution is -0.140. The molecule has 0 atom stereocenters. The van der Waals surface area contributed by atoms with Gasteiger partial charge in [-0.3, -0.25) is 4.79 Å². The highest BCUT2D eigenvalue weighted by Crippen LogP contribution is 2.43. The molecule has 1 aromatic rings. The summed E-state index contributed by atoms with van der Waals surface area (Å²) in [4.78, 5) is 15.5. The fraction of sp³-hybridized carbons (Fsp3) is 0.650. The zero-order valence-corrected chi connectivity index (χ0v) is 16.9. The summed E-state index contributed by atoms with van der Waals surface area (Å²) in [6.07, 6.45) is 7.08. The topological polar surface area (TPSA) is 55.6 Å². The van der Waals surface area contributed by atoms with Crippen LogP contribution in [-0.2, 0) is 14.9 Å². The van der Waals surface area contributed by atoms with Gasteiger partial charge in [0, 0.05) is 24.7 Å². The van der Waals surface area contributed by atoms with Gasteiger partial charge < -0.3 is 15.4 Å². The lowest BCUT2D eigenvalue weighted by Crippen LogP contribution is -2.49. The van der Waals surface area contributed by atoms with Crippen LogP contribution >= 0.6 is 24.0 Å². The third-order valence-electron chi connectivity index (χ3n) is 5.67. The van der Waals surface area contributed by atoms with Gasteiger partial charge in [0.05, 0.1) is 11.5 Å². The molecule has 1 aliphatic carbocycles. The van der Waals surface area contributed by atoms with E-state index < -0.39 is 0 Å². The Labute approximate surface area is 167 Å². The van der Waals surface area contributed by atoms with Crippen molar-refractivity contribution in [1.82, 2.24) is 4.90 Å². The van der Waals surface area contributed by atoms with Crippen molar-refractivity contribution < 1.29 is 9.53 Å². The van der Waals surface area contributed by atoms with Crippen LogP contribution in [0.25, 0.3) is 0 Å². The lowest BCUT2D eigenvalue weighted by Gasteiger charge is -2.38. The van der Waals surface area contributed by atoms with Crippen molar-refractivity contribution in [3.05, 3.63) is 34.9 Å². The van der Waals surface area contributed by atoms with E-state index >= 15 is 0 Å². The summed E-state index contributed by atoms with van der Waals surface area (Å²) in [5, 5.41) is 0.712. The minimum Gasteiger partial charge on any atom is -0.378 e. The summed E-state index contributed by atoms with van der Waals surface area (Å²) in [6.45, 7) is 2.96. The molecule has 0 radical (unpaired) electrons. The monoisotopic (exact) mass is 400 g/mol. The Morgan fingerprint density at radius 3 is 2.58 bits per heavy atom. The average molecular weight is 401 g/mol. The van der Waals surface area contributed by atoms with E-state index in [2.05, 4.69) is 11.0 Å². The molecular formula is C20H30Cl2N2O2. The van der Waals surface area contributed by atoms with E-state index in [1.807, 2.05) is 18.2 Å². The molecular weight excluding hydrogens is 371 g/mol. The Kier molecular flexibility index (Phi) is 8.21. The van der Waals surface area contributed by atoms with Crippen molar-refractivity contribution in [3.63, 3.8) is 0 Å². The van der Waals surface area contributed by atoms with Crippen molar-refractivity contribution in [2.45, 2.75) is 56.5 Å². The van der Waals surface area contributed by atoms with Crippen molar-refractivity contribution in [2.24, 2.45) is 5.73 Å². The number of carbonyl (C=O) groups excluding carboxylic acids is 1. The highest BCUT2D eigenvalue weighted by molar-refractivity contribution is 6.30. The number of benzene rings is 1. The Hall–Kier alpha value is -0.810. The number of likely N-dealkylation sites (tertiary alicyclic amines) is 1. The molecule has 26 heavy (non-hydrogen) atoms. The summed E-state index contributed by atoms with van der Waals surface area (Å²) in [6, 6.07) is 7.89. The molecule has 4 nitrogen and oxygen atoms in total. The van der Waals surface area contributed by atoms with Crippen molar-refractivity contribution in [1.29, 1.82) is 0 Å². The molecule has 1 aromatic carbocycles. The molecule has 146 valence electrons. The molecule has 1 heterocycles. The van der Waals surface area contributed by atoms with Gasteiger partial charge in [0.15, 0.2) is 0 Å². The fourth-order valence-corrected chi connectivity index (χ4v) is 4.44. The van der Waals surface area contributed by atoms with E-state index in [0.717, 1.165) is 70.2 Å². The first-order valence-corrected chi connectivity index (χ1v) is 9.90. The van der Waals surface area contributed by atoms with Crippen LogP contribution in [0.15, 0.2) is 24.3 Å². The highest BCUT2D eigenvalue weighted by Gasteiger charge is 2.45. The van der Waals surface area contributed by atoms with Crippen molar-refractivity contribution in [3.8, 4) is 0 Å². The molecule has 2 N–H and O–H groups in total. The smallest absolute Gasteiger partial charge is 0.233 e. The van der Waals surface area contributed by atoms with Gasteiger partial charge in [-0.05, 0) is 56.3 Å². The average Bonchev–Trinajstić information content (AvgIpc) is 3.13. The van der Waals surface area contributed by atoms with E-state index in [4.69, 9.17) is 22.1 Å². The van der Waals surface area contributed by atoms with Crippen LogP contribution in [0.2, 0.25) is 5.02 Å². The minimum absolute atomic E-state index is 0. The van der Waals surface area contributed by atoms with Crippen molar-refractivity contribution >= 4 is 29.9 Å². The summed E-state index contributed by atoms with van der Waals surface area (Å²) in [5.74, 6) is 0.285. The molecule has 1 saturated heterocycles. The van der Waals surface area contributed by atoms with Crippen LogP contribution in [0, 0.1) is 0 Å². The largest absolute Gasteiger partial charge is 0.378 e. The number of hydrogen-bond donors (Lipinski definition) is 1. The number of rotatable bonds is 6. The van der Waals surface area contributed by atoms with E-state index in [1.165, 1.54) is 0 Å². The van der Waals surface area contributed by atoms with Gasteiger partial charge >= 0.3 is 0 Å². The second-order valence-corrected chi connectivity index (χ2v) is 7.74. The first-order valence-electron chi connectivity index (χ1n) is 9.53. The van der Waals surface area contributed by atoms with Gasteiger partial charge in [-0.1, -0.05) is 36.6 Å². The van der Waals surface area contributed by atoms with E-state index in [0.29, 0.717) is 11.6 Å². The van der Waals surface area contributed by atoms with Gasteiger partial charge in [0.1, 0.15) is 0 Å². The Morgan fingerprint density at radius 1 is 1.27 bits per heavy atom. The van der Waals surface area contributed by atoms with Crippen molar-refractivity contribution in [2.75, 3.05) is 26.2 Å². The summed E-state index contributed by atoms with van der Waals surface area (Å²) in [7, 11) is 0. The minimum atomic E-state index is -0.377. The number of piperidine rings is 1. The molecule has 0 bridgehead atoms. The number of ether oxygens (including phenoxy) is 1. The highest BCUT2D eigenvalue weighted by atomic mass is 35.5. The molecule has 3 rings (SSSR count). The van der Waals surface area contributed by atoms with Gasteiger partial charge in [0.25, 0.3) is 0 Å². The van der Waals surface area contributed by atoms with E-state index in [1.54, 1.807) is 0 Å². The Balaban J connectivity index is 0.00000243. The number of nitrogens with two attached hydrogens (primary N) is 1. The maximum atomic E-state index is 13.4.